The standard InChI is InChI=1S/C14H30N2/c1-3-5-8-13(4-2)11-16-12-14(15)9-6-7-10-14/h13,16H,3-12,15H2,1-2H3. The molecule has 1 aliphatic rings. The Labute approximate surface area is 101 Å². The summed E-state index contributed by atoms with van der Waals surface area (Å²) in [6.07, 6.45) is 10.4. The molecule has 0 amide bonds. The van der Waals surface area contributed by atoms with Gasteiger partial charge in [0.2, 0.25) is 0 Å². The molecule has 0 aromatic carbocycles. The van der Waals surface area contributed by atoms with Crippen molar-refractivity contribution in [3.8, 4) is 0 Å². The highest BCUT2D eigenvalue weighted by atomic mass is 14.9. The normalized spacial score (nSPS) is 21.2. The van der Waals surface area contributed by atoms with Crippen LogP contribution in [0, 0.1) is 5.92 Å². The largest absolute Gasteiger partial charge is 0.324 e. The minimum atomic E-state index is 0.114. The van der Waals surface area contributed by atoms with E-state index < -0.39 is 0 Å². The Morgan fingerprint density at radius 3 is 2.50 bits per heavy atom. The maximum Gasteiger partial charge on any atom is 0.0280 e. The van der Waals surface area contributed by atoms with E-state index in [0.29, 0.717) is 0 Å². The zero-order chi connectivity index (χ0) is 11.9. The van der Waals surface area contributed by atoms with Gasteiger partial charge in [-0.3, -0.25) is 0 Å². The third-order valence-corrected chi connectivity index (χ3v) is 4.05. The van der Waals surface area contributed by atoms with Crippen LogP contribution in [0.5, 0.6) is 0 Å². The Bertz CT molecular complexity index is 174. The third kappa shape index (κ3) is 4.84. The first kappa shape index (κ1) is 14.0. The predicted molar refractivity (Wildman–Crippen MR) is 71.6 cm³/mol. The van der Waals surface area contributed by atoms with Gasteiger partial charge in [0.25, 0.3) is 0 Å². The van der Waals surface area contributed by atoms with Crippen LogP contribution in [0.3, 0.4) is 0 Å². The van der Waals surface area contributed by atoms with Crippen molar-refractivity contribution in [3.63, 3.8) is 0 Å². The molecule has 0 spiro atoms. The van der Waals surface area contributed by atoms with E-state index in [0.717, 1.165) is 19.0 Å². The van der Waals surface area contributed by atoms with Crippen LogP contribution in [-0.4, -0.2) is 18.6 Å². The maximum atomic E-state index is 6.32. The van der Waals surface area contributed by atoms with Gasteiger partial charge in [-0.25, -0.2) is 0 Å². The summed E-state index contributed by atoms with van der Waals surface area (Å²) in [5.74, 6) is 0.852. The van der Waals surface area contributed by atoms with Crippen molar-refractivity contribution in [3.05, 3.63) is 0 Å². The summed E-state index contributed by atoms with van der Waals surface area (Å²) in [4.78, 5) is 0. The van der Waals surface area contributed by atoms with Crippen molar-refractivity contribution in [2.45, 2.75) is 70.8 Å². The molecule has 0 heterocycles. The highest BCUT2D eigenvalue weighted by molar-refractivity contribution is 4.91. The van der Waals surface area contributed by atoms with Crippen LogP contribution in [0.25, 0.3) is 0 Å². The second-order valence-electron chi connectivity index (χ2n) is 5.62. The highest BCUT2D eigenvalue weighted by Crippen LogP contribution is 2.26. The Balaban J connectivity index is 2.12. The van der Waals surface area contributed by atoms with Crippen LogP contribution in [-0.2, 0) is 0 Å². The molecule has 1 rings (SSSR count). The first-order valence-electron chi connectivity index (χ1n) is 7.20. The molecule has 0 radical (unpaired) electrons. The van der Waals surface area contributed by atoms with E-state index >= 15 is 0 Å². The smallest absolute Gasteiger partial charge is 0.0280 e. The molecule has 1 unspecified atom stereocenters. The molecule has 0 saturated heterocycles. The van der Waals surface area contributed by atoms with E-state index in [-0.39, 0.29) is 5.54 Å². The maximum absolute atomic E-state index is 6.32. The summed E-state index contributed by atoms with van der Waals surface area (Å²) in [5, 5.41) is 3.60. The topological polar surface area (TPSA) is 38.0 Å². The van der Waals surface area contributed by atoms with E-state index in [4.69, 9.17) is 5.73 Å². The van der Waals surface area contributed by atoms with Crippen LogP contribution in [0.4, 0.5) is 0 Å². The van der Waals surface area contributed by atoms with Gasteiger partial charge < -0.3 is 11.1 Å². The summed E-state index contributed by atoms with van der Waals surface area (Å²) < 4.78 is 0. The van der Waals surface area contributed by atoms with Gasteiger partial charge in [0, 0.05) is 12.1 Å². The van der Waals surface area contributed by atoms with Crippen LogP contribution in [0.15, 0.2) is 0 Å². The Morgan fingerprint density at radius 1 is 1.25 bits per heavy atom. The van der Waals surface area contributed by atoms with Crippen LogP contribution in [0.2, 0.25) is 0 Å². The van der Waals surface area contributed by atoms with Gasteiger partial charge in [-0.15, -0.1) is 0 Å². The molecular formula is C14H30N2. The summed E-state index contributed by atoms with van der Waals surface area (Å²) in [6, 6.07) is 0. The van der Waals surface area contributed by atoms with Crippen molar-refractivity contribution in [1.29, 1.82) is 0 Å². The van der Waals surface area contributed by atoms with Gasteiger partial charge >= 0.3 is 0 Å². The number of hydrogen-bond donors (Lipinski definition) is 2. The third-order valence-electron chi connectivity index (χ3n) is 4.05. The Hall–Kier alpha value is -0.0800. The second kappa shape index (κ2) is 7.29. The Kier molecular flexibility index (Phi) is 6.37. The van der Waals surface area contributed by atoms with E-state index in [1.165, 1.54) is 51.4 Å². The zero-order valence-electron chi connectivity index (χ0n) is 11.2. The molecule has 1 saturated carbocycles. The molecule has 0 aliphatic heterocycles. The van der Waals surface area contributed by atoms with Gasteiger partial charge in [0.05, 0.1) is 0 Å². The molecule has 2 nitrogen and oxygen atoms in total. The average molecular weight is 226 g/mol. The molecule has 2 heteroatoms. The number of rotatable bonds is 8. The van der Waals surface area contributed by atoms with Gasteiger partial charge in [-0.2, -0.15) is 0 Å². The molecule has 96 valence electrons. The number of unbranched alkanes of at least 4 members (excludes halogenated alkanes) is 1. The monoisotopic (exact) mass is 226 g/mol. The summed E-state index contributed by atoms with van der Waals surface area (Å²) in [7, 11) is 0. The lowest BCUT2D eigenvalue weighted by Crippen LogP contribution is -2.47. The quantitative estimate of drug-likeness (QED) is 0.667. The fourth-order valence-corrected chi connectivity index (χ4v) is 2.72. The number of hydrogen-bond acceptors (Lipinski definition) is 2. The van der Waals surface area contributed by atoms with Crippen molar-refractivity contribution in [1.82, 2.24) is 5.32 Å². The number of nitrogens with two attached hydrogens (primary N) is 1. The molecule has 1 atom stereocenters. The Morgan fingerprint density at radius 2 is 1.94 bits per heavy atom. The van der Waals surface area contributed by atoms with Gasteiger partial charge in [0.1, 0.15) is 0 Å². The molecule has 0 aromatic heterocycles. The SMILES string of the molecule is CCCCC(CC)CNCC1(N)CCCC1. The molecule has 16 heavy (non-hydrogen) atoms. The fraction of sp³-hybridized carbons (Fsp3) is 1.00. The van der Waals surface area contributed by atoms with E-state index in [1.54, 1.807) is 0 Å². The minimum absolute atomic E-state index is 0.114. The predicted octanol–water partition coefficient (Wildman–Crippen LogP) is 3.06. The van der Waals surface area contributed by atoms with Gasteiger partial charge in [0.15, 0.2) is 0 Å². The first-order valence-corrected chi connectivity index (χ1v) is 7.20. The van der Waals surface area contributed by atoms with E-state index in [9.17, 15) is 0 Å². The number of nitrogens with one attached hydrogen (secondary N) is 1. The van der Waals surface area contributed by atoms with Crippen LogP contribution < -0.4 is 11.1 Å². The lowest BCUT2D eigenvalue weighted by Gasteiger charge is -2.25. The summed E-state index contributed by atoms with van der Waals surface area (Å²) >= 11 is 0. The average Bonchev–Trinajstić information content (AvgIpc) is 2.70. The van der Waals surface area contributed by atoms with E-state index in [1.807, 2.05) is 0 Å². The molecular weight excluding hydrogens is 196 g/mol. The minimum Gasteiger partial charge on any atom is -0.324 e. The molecule has 3 N–H and O–H groups in total. The zero-order valence-corrected chi connectivity index (χ0v) is 11.2. The summed E-state index contributed by atoms with van der Waals surface area (Å²) in [6.45, 7) is 6.76. The summed E-state index contributed by atoms with van der Waals surface area (Å²) in [5.41, 5.74) is 6.44. The van der Waals surface area contributed by atoms with Crippen LogP contribution in [0.1, 0.15) is 65.2 Å². The second-order valence-corrected chi connectivity index (χ2v) is 5.62. The molecule has 1 aliphatic carbocycles. The van der Waals surface area contributed by atoms with Crippen molar-refractivity contribution in [2.75, 3.05) is 13.1 Å². The molecule has 1 fully saturated rings. The highest BCUT2D eigenvalue weighted by Gasteiger charge is 2.28. The van der Waals surface area contributed by atoms with Crippen molar-refractivity contribution >= 4 is 0 Å². The van der Waals surface area contributed by atoms with Crippen LogP contribution >= 0.6 is 0 Å². The van der Waals surface area contributed by atoms with Gasteiger partial charge in [-0.05, 0) is 31.7 Å². The van der Waals surface area contributed by atoms with Crippen molar-refractivity contribution in [2.24, 2.45) is 11.7 Å². The molecule has 0 aromatic rings. The van der Waals surface area contributed by atoms with Crippen molar-refractivity contribution < 1.29 is 0 Å². The first-order chi connectivity index (χ1) is 7.70. The van der Waals surface area contributed by atoms with E-state index in [2.05, 4.69) is 19.2 Å². The fourth-order valence-electron chi connectivity index (χ4n) is 2.72. The van der Waals surface area contributed by atoms with Gasteiger partial charge in [-0.1, -0.05) is 46.0 Å². The lowest BCUT2D eigenvalue weighted by atomic mass is 9.97. The molecule has 0 bridgehead atoms. The lowest BCUT2D eigenvalue weighted by molar-refractivity contribution is 0.362.